The van der Waals surface area contributed by atoms with Crippen molar-refractivity contribution in [3.8, 4) is 11.1 Å². The Balaban J connectivity index is 2.40. The molecule has 4 nitrogen and oxygen atoms in total. The van der Waals surface area contributed by atoms with Gasteiger partial charge in [0.1, 0.15) is 11.2 Å². The summed E-state index contributed by atoms with van der Waals surface area (Å²) in [5, 5.41) is 2.20. The quantitative estimate of drug-likeness (QED) is 0.538. The zero-order valence-electron chi connectivity index (χ0n) is 9.45. The highest BCUT2D eigenvalue weighted by Gasteiger charge is 2.21. The highest BCUT2D eigenvalue weighted by Crippen LogP contribution is 2.36. The van der Waals surface area contributed by atoms with Gasteiger partial charge in [0.05, 0.1) is 5.39 Å². The van der Waals surface area contributed by atoms with E-state index in [9.17, 15) is 8.42 Å². The number of halogens is 1. The fourth-order valence-corrected chi connectivity index (χ4v) is 3.82. The zero-order valence-corrected chi connectivity index (χ0v) is 11.8. The van der Waals surface area contributed by atoms with E-state index in [4.69, 9.17) is 10.7 Å². The molecule has 0 atom stereocenters. The molecule has 0 fully saturated rings. The van der Waals surface area contributed by atoms with Crippen molar-refractivity contribution in [1.82, 2.24) is 9.97 Å². The maximum atomic E-state index is 11.6. The van der Waals surface area contributed by atoms with Crippen LogP contribution in [-0.2, 0) is 9.05 Å². The second-order valence-electron chi connectivity index (χ2n) is 3.81. The lowest BCUT2D eigenvalue weighted by molar-refractivity contribution is 0.607. The predicted molar refractivity (Wildman–Crippen MR) is 75.9 cm³/mol. The molecule has 0 radical (unpaired) electrons. The van der Waals surface area contributed by atoms with Gasteiger partial charge in [-0.15, -0.1) is 11.3 Å². The van der Waals surface area contributed by atoms with Gasteiger partial charge < -0.3 is 0 Å². The predicted octanol–water partition coefficient (Wildman–Crippen LogP) is 3.29. The average molecular weight is 311 g/mol. The van der Waals surface area contributed by atoms with Crippen molar-refractivity contribution in [2.24, 2.45) is 0 Å². The molecule has 3 aromatic rings. The van der Waals surface area contributed by atoms with E-state index in [-0.39, 0.29) is 5.03 Å². The van der Waals surface area contributed by atoms with Crippen molar-refractivity contribution in [2.45, 2.75) is 5.03 Å². The van der Waals surface area contributed by atoms with Gasteiger partial charge >= 0.3 is 0 Å². The van der Waals surface area contributed by atoms with Crippen LogP contribution in [0, 0.1) is 0 Å². The molecule has 0 spiro atoms. The van der Waals surface area contributed by atoms with E-state index in [0.717, 1.165) is 11.1 Å². The van der Waals surface area contributed by atoms with Crippen LogP contribution in [0.5, 0.6) is 0 Å². The van der Waals surface area contributed by atoms with E-state index in [1.165, 1.54) is 17.7 Å². The molecular formula is C12H7ClN2O2S2. The maximum Gasteiger partial charge on any atom is 0.279 e. The SMILES string of the molecule is O=S(=O)(Cl)c1ncnc2scc(-c3ccccc3)c12. The fraction of sp³-hybridized carbons (Fsp3) is 0. The number of fused-ring (bicyclic) bond motifs is 1. The van der Waals surface area contributed by atoms with Crippen LogP contribution in [0.1, 0.15) is 0 Å². The molecule has 0 N–H and O–H groups in total. The third-order valence-electron chi connectivity index (χ3n) is 2.65. The lowest BCUT2D eigenvalue weighted by Crippen LogP contribution is -1.97. The van der Waals surface area contributed by atoms with Gasteiger partial charge in [-0.2, -0.15) is 0 Å². The van der Waals surface area contributed by atoms with Crippen molar-refractivity contribution in [2.75, 3.05) is 0 Å². The summed E-state index contributed by atoms with van der Waals surface area (Å²) in [7, 11) is 1.54. The Labute approximate surface area is 118 Å². The number of hydrogen-bond acceptors (Lipinski definition) is 5. The van der Waals surface area contributed by atoms with Gasteiger partial charge in [0, 0.05) is 21.6 Å². The molecular weight excluding hydrogens is 304 g/mol. The summed E-state index contributed by atoms with van der Waals surface area (Å²) < 4.78 is 23.2. The van der Waals surface area contributed by atoms with Crippen LogP contribution < -0.4 is 0 Å². The van der Waals surface area contributed by atoms with Crippen molar-refractivity contribution < 1.29 is 8.42 Å². The van der Waals surface area contributed by atoms with Crippen LogP contribution in [0.3, 0.4) is 0 Å². The average Bonchev–Trinajstić information content (AvgIpc) is 2.82. The molecule has 0 aliphatic heterocycles. The summed E-state index contributed by atoms with van der Waals surface area (Å²) in [4.78, 5) is 8.50. The molecule has 0 aliphatic carbocycles. The van der Waals surface area contributed by atoms with Crippen LogP contribution in [0.25, 0.3) is 21.3 Å². The summed E-state index contributed by atoms with van der Waals surface area (Å²) >= 11 is 1.36. The Kier molecular flexibility index (Phi) is 3.00. The molecule has 2 aromatic heterocycles. The molecule has 3 rings (SSSR count). The smallest absolute Gasteiger partial charge is 0.225 e. The first-order valence-corrected chi connectivity index (χ1v) is 8.48. The van der Waals surface area contributed by atoms with Gasteiger partial charge in [0.2, 0.25) is 0 Å². The van der Waals surface area contributed by atoms with Crippen LogP contribution in [-0.4, -0.2) is 18.4 Å². The molecule has 2 heterocycles. The van der Waals surface area contributed by atoms with Gasteiger partial charge in [-0.05, 0) is 5.56 Å². The fourth-order valence-electron chi connectivity index (χ4n) is 1.86. The monoisotopic (exact) mass is 310 g/mol. The lowest BCUT2D eigenvalue weighted by atomic mass is 10.1. The number of aromatic nitrogens is 2. The second-order valence-corrected chi connectivity index (χ2v) is 7.15. The minimum Gasteiger partial charge on any atom is -0.225 e. The Morgan fingerprint density at radius 2 is 1.84 bits per heavy atom. The Morgan fingerprint density at radius 3 is 2.53 bits per heavy atom. The van der Waals surface area contributed by atoms with Crippen molar-refractivity contribution >= 4 is 41.3 Å². The number of rotatable bonds is 2. The summed E-state index contributed by atoms with van der Waals surface area (Å²) in [6.07, 6.45) is 1.21. The molecule has 7 heteroatoms. The molecule has 0 aliphatic rings. The van der Waals surface area contributed by atoms with E-state index in [1.54, 1.807) is 0 Å². The minimum atomic E-state index is -3.90. The standard InChI is InChI=1S/C12H7ClN2O2S2/c13-19(16,17)12-10-9(8-4-2-1-3-5-8)6-18-11(10)14-7-15-12/h1-7H. The highest BCUT2D eigenvalue weighted by molar-refractivity contribution is 8.13. The lowest BCUT2D eigenvalue weighted by Gasteiger charge is -2.02. The first kappa shape index (κ1) is 12.5. The van der Waals surface area contributed by atoms with Gasteiger partial charge in [0.15, 0.2) is 5.03 Å². The Bertz CT molecular complexity index is 845. The van der Waals surface area contributed by atoms with Crippen LogP contribution in [0.4, 0.5) is 0 Å². The molecule has 0 saturated carbocycles. The molecule has 0 unspecified atom stereocenters. The van der Waals surface area contributed by atoms with E-state index in [0.29, 0.717) is 10.2 Å². The van der Waals surface area contributed by atoms with Gasteiger partial charge in [0.25, 0.3) is 9.05 Å². The van der Waals surface area contributed by atoms with E-state index < -0.39 is 9.05 Å². The van der Waals surface area contributed by atoms with Gasteiger partial charge in [-0.3, -0.25) is 0 Å². The summed E-state index contributed by atoms with van der Waals surface area (Å²) in [6, 6.07) is 9.47. The van der Waals surface area contributed by atoms with Crippen molar-refractivity contribution in [1.29, 1.82) is 0 Å². The summed E-state index contributed by atoms with van der Waals surface area (Å²) in [6.45, 7) is 0. The normalized spacial score (nSPS) is 11.8. The third-order valence-corrected chi connectivity index (χ3v) is 4.75. The Morgan fingerprint density at radius 1 is 1.11 bits per heavy atom. The molecule has 96 valence electrons. The number of hydrogen-bond donors (Lipinski definition) is 0. The van der Waals surface area contributed by atoms with E-state index in [1.807, 2.05) is 35.7 Å². The molecule has 1 aromatic carbocycles. The van der Waals surface area contributed by atoms with Crippen molar-refractivity contribution in [3.63, 3.8) is 0 Å². The molecule has 0 saturated heterocycles. The minimum absolute atomic E-state index is 0.140. The summed E-state index contributed by atoms with van der Waals surface area (Å²) in [5.74, 6) is 0. The van der Waals surface area contributed by atoms with E-state index in [2.05, 4.69) is 9.97 Å². The number of benzene rings is 1. The van der Waals surface area contributed by atoms with E-state index >= 15 is 0 Å². The first-order valence-electron chi connectivity index (χ1n) is 5.29. The zero-order chi connectivity index (χ0) is 13.5. The largest absolute Gasteiger partial charge is 0.279 e. The second kappa shape index (κ2) is 4.56. The van der Waals surface area contributed by atoms with Crippen molar-refractivity contribution in [3.05, 3.63) is 42.0 Å². The first-order chi connectivity index (χ1) is 9.07. The summed E-state index contributed by atoms with van der Waals surface area (Å²) in [5.41, 5.74) is 1.69. The van der Waals surface area contributed by atoms with Crippen LogP contribution >= 0.6 is 22.0 Å². The molecule has 19 heavy (non-hydrogen) atoms. The van der Waals surface area contributed by atoms with Crippen LogP contribution in [0.15, 0.2) is 47.1 Å². The molecule has 0 amide bonds. The number of nitrogens with zero attached hydrogens (tertiary/aromatic N) is 2. The van der Waals surface area contributed by atoms with Crippen LogP contribution in [0.2, 0.25) is 0 Å². The topological polar surface area (TPSA) is 59.9 Å². The highest BCUT2D eigenvalue weighted by atomic mass is 35.7. The van der Waals surface area contributed by atoms with Gasteiger partial charge in [-0.1, -0.05) is 30.3 Å². The number of thiophene rings is 1. The Hall–Kier alpha value is -1.50. The molecule has 0 bridgehead atoms. The third kappa shape index (κ3) is 2.22. The maximum absolute atomic E-state index is 11.6. The van der Waals surface area contributed by atoms with Gasteiger partial charge in [-0.25, -0.2) is 18.4 Å².